The molecule has 1 fully saturated rings. The molecule has 0 radical (unpaired) electrons. The monoisotopic (exact) mass is 302 g/mol. The van der Waals surface area contributed by atoms with Gasteiger partial charge in [-0.1, -0.05) is 29.8 Å². The summed E-state index contributed by atoms with van der Waals surface area (Å²) in [6.45, 7) is 5.18. The fourth-order valence-corrected chi connectivity index (χ4v) is 3.45. The van der Waals surface area contributed by atoms with Crippen LogP contribution in [0, 0.1) is 0 Å². The first-order chi connectivity index (χ1) is 10.2. The molecule has 0 unspecified atom stereocenters. The van der Waals surface area contributed by atoms with Crippen molar-refractivity contribution in [2.75, 3.05) is 38.2 Å². The number of piperazine rings is 1. The van der Waals surface area contributed by atoms with Gasteiger partial charge < -0.3 is 9.47 Å². The molecule has 0 bridgehead atoms. The molecule has 2 aromatic rings. The van der Waals surface area contributed by atoms with Crippen molar-refractivity contribution < 1.29 is 0 Å². The van der Waals surface area contributed by atoms with Crippen molar-refractivity contribution in [3.05, 3.63) is 41.6 Å². The fourth-order valence-electron chi connectivity index (χ4n) is 3.23. The third-order valence-electron chi connectivity index (χ3n) is 4.43. The summed E-state index contributed by atoms with van der Waals surface area (Å²) in [4.78, 5) is 2.38. The van der Waals surface area contributed by atoms with Gasteiger partial charge in [0.05, 0.1) is 16.4 Å². The molecule has 4 rings (SSSR count). The largest absolute Gasteiger partial charge is 0.326 e. The van der Waals surface area contributed by atoms with Gasteiger partial charge in [-0.15, -0.1) is 0 Å². The van der Waals surface area contributed by atoms with Crippen molar-refractivity contribution in [3.63, 3.8) is 0 Å². The predicted molar refractivity (Wildman–Crippen MR) is 86.4 cm³/mol. The van der Waals surface area contributed by atoms with E-state index in [1.165, 1.54) is 16.9 Å². The molecule has 0 amide bonds. The first-order valence-electron chi connectivity index (χ1n) is 7.38. The molecule has 0 spiro atoms. The highest BCUT2D eigenvalue weighted by Gasteiger charge is 2.27. The number of anilines is 1. The lowest BCUT2D eigenvalue weighted by Crippen LogP contribution is -2.54. The molecule has 2 aliphatic heterocycles. The van der Waals surface area contributed by atoms with Crippen molar-refractivity contribution in [2.45, 2.75) is 6.67 Å². The number of rotatable bonds is 1. The minimum Gasteiger partial charge on any atom is -0.326 e. The van der Waals surface area contributed by atoms with E-state index in [-0.39, 0.29) is 0 Å². The molecule has 3 heterocycles. The third kappa shape index (κ3) is 2.24. The van der Waals surface area contributed by atoms with Crippen LogP contribution in [-0.4, -0.2) is 47.7 Å². The van der Waals surface area contributed by atoms with Crippen LogP contribution in [0.5, 0.6) is 0 Å². The van der Waals surface area contributed by atoms with Gasteiger partial charge in [0.2, 0.25) is 0 Å². The first kappa shape index (κ1) is 13.2. The van der Waals surface area contributed by atoms with Crippen molar-refractivity contribution >= 4 is 17.3 Å². The Labute approximate surface area is 130 Å². The molecule has 1 aromatic heterocycles. The third-order valence-corrected chi connectivity index (χ3v) is 4.64. The van der Waals surface area contributed by atoms with Crippen molar-refractivity contribution in [2.24, 2.45) is 0 Å². The Morgan fingerprint density at radius 1 is 1.05 bits per heavy atom. The van der Waals surface area contributed by atoms with Gasteiger partial charge in [0.15, 0.2) is 0 Å². The quantitative estimate of drug-likeness (QED) is 0.805. The summed E-state index contributed by atoms with van der Waals surface area (Å²) in [6, 6.07) is 10.7. The van der Waals surface area contributed by atoms with Crippen LogP contribution in [0.25, 0.3) is 11.3 Å². The predicted octanol–water partition coefficient (Wildman–Crippen LogP) is 2.75. The van der Waals surface area contributed by atoms with Gasteiger partial charge in [0, 0.05) is 37.9 Å². The van der Waals surface area contributed by atoms with Gasteiger partial charge in [-0.3, -0.25) is 5.01 Å². The highest BCUT2D eigenvalue weighted by atomic mass is 35.5. The molecule has 1 aromatic carbocycles. The SMILES string of the molecule is CN1CCN(N2Cn3cc(Cl)cc3-c3ccccc32)CC1. The van der Waals surface area contributed by atoms with E-state index in [0.717, 1.165) is 37.9 Å². The Hall–Kier alpha value is -1.49. The van der Waals surface area contributed by atoms with E-state index >= 15 is 0 Å². The molecule has 0 aliphatic carbocycles. The Morgan fingerprint density at radius 2 is 1.81 bits per heavy atom. The topological polar surface area (TPSA) is 14.7 Å². The second-order valence-corrected chi connectivity index (χ2v) is 6.26. The summed E-state index contributed by atoms with van der Waals surface area (Å²) in [5, 5.41) is 5.65. The number of hydrogen-bond donors (Lipinski definition) is 0. The molecule has 110 valence electrons. The van der Waals surface area contributed by atoms with E-state index in [1.54, 1.807) is 0 Å². The summed E-state index contributed by atoms with van der Waals surface area (Å²) in [7, 11) is 2.19. The number of aromatic nitrogens is 1. The Kier molecular flexibility index (Phi) is 3.17. The zero-order chi connectivity index (χ0) is 14.4. The van der Waals surface area contributed by atoms with Gasteiger partial charge in [-0.2, -0.15) is 0 Å². The average molecular weight is 303 g/mol. The van der Waals surface area contributed by atoms with Crippen LogP contribution in [0.15, 0.2) is 36.5 Å². The summed E-state index contributed by atoms with van der Waals surface area (Å²) in [5.74, 6) is 0. The summed E-state index contributed by atoms with van der Waals surface area (Å²) in [6.07, 6.45) is 2.02. The van der Waals surface area contributed by atoms with E-state index in [1.807, 2.05) is 6.20 Å². The number of hydrogen-bond acceptors (Lipinski definition) is 3. The molecule has 0 saturated carbocycles. The Morgan fingerprint density at radius 3 is 2.62 bits per heavy atom. The molecule has 4 nitrogen and oxygen atoms in total. The normalized spacial score (nSPS) is 19.4. The van der Waals surface area contributed by atoms with Crippen LogP contribution >= 0.6 is 11.6 Å². The van der Waals surface area contributed by atoms with Crippen molar-refractivity contribution in [1.29, 1.82) is 0 Å². The molecule has 1 saturated heterocycles. The number of fused-ring (bicyclic) bond motifs is 3. The smallest absolute Gasteiger partial charge is 0.110 e. The van der Waals surface area contributed by atoms with E-state index in [2.05, 4.69) is 56.9 Å². The zero-order valence-electron chi connectivity index (χ0n) is 12.2. The van der Waals surface area contributed by atoms with Crippen LogP contribution in [-0.2, 0) is 6.67 Å². The second kappa shape index (κ2) is 5.05. The Balaban J connectivity index is 1.74. The minimum absolute atomic E-state index is 0.806. The van der Waals surface area contributed by atoms with Crippen molar-refractivity contribution in [1.82, 2.24) is 14.5 Å². The van der Waals surface area contributed by atoms with Gasteiger partial charge >= 0.3 is 0 Å². The number of hydrazine groups is 1. The highest BCUT2D eigenvalue weighted by molar-refractivity contribution is 6.31. The lowest BCUT2D eigenvalue weighted by molar-refractivity contribution is 0.132. The van der Waals surface area contributed by atoms with E-state index in [4.69, 9.17) is 11.6 Å². The van der Waals surface area contributed by atoms with E-state index in [0.29, 0.717) is 0 Å². The molecular weight excluding hydrogens is 284 g/mol. The second-order valence-electron chi connectivity index (χ2n) is 5.83. The number of halogens is 1. The number of para-hydroxylation sites is 1. The standard InChI is InChI=1S/C16H19ClN4/c1-18-6-8-20(9-7-18)21-12-19-11-13(17)10-16(19)14-4-2-3-5-15(14)21/h2-5,10-11H,6-9,12H2,1H3. The van der Waals surface area contributed by atoms with Gasteiger partial charge in [-0.05, 0) is 19.2 Å². The summed E-state index contributed by atoms with van der Waals surface area (Å²) < 4.78 is 2.24. The molecule has 21 heavy (non-hydrogen) atoms. The number of benzene rings is 1. The van der Waals surface area contributed by atoms with Crippen LogP contribution in [0.1, 0.15) is 0 Å². The van der Waals surface area contributed by atoms with Crippen LogP contribution < -0.4 is 5.01 Å². The van der Waals surface area contributed by atoms with Gasteiger partial charge in [0.1, 0.15) is 6.67 Å². The zero-order valence-corrected chi connectivity index (χ0v) is 12.9. The molecule has 0 atom stereocenters. The first-order valence-corrected chi connectivity index (χ1v) is 7.76. The van der Waals surface area contributed by atoms with Crippen molar-refractivity contribution in [3.8, 4) is 11.3 Å². The van der Waals surface area contributed by atoms with E-state index < -0.39 is 0 Å². The Bertz CT molecular complexity index is 658. The fraction of sp³-hybridized carbons (Fsp3) is 0.375. The summed E-state index contributed by atoms with van der Waals surface area (Å²) in [5.41, 5.74) is 3.75. The maximum absolute atomic E-state index is 6.21. The average Bonchev–Trinajstić information content (AvgIpc) is 2.88. The molecular formula is C16H19ClN4. The highest BCUT2D eigenvalue weighted by Crippen LogP contribution is 2.38. The van der Waals surface area contributed by atoms with Gasteiger partial charge in [0.25, 0.3) is 0 Å². The van der Waals surface area contributed by atoms with E-state index in [9.17, 15) is 0 Å². The van der Waals surface area contributed by atoms with Crippen LogP contribution in [0.4, 0.5) is 5.69 Å². The molecule has 0 N–H and O–H groups in total. The lowest BCUT2D eigenvalue weighted by Gasteiger charge is -2.44. The van der Waals surface area contributed by atoms with Crippen LogP contribution in [0.3, 0.4) is 0 Å². The van der Waals surface area contributed by atoms with Crippen LogP contribution in [0.2, 0.25) is 5.02 Å². The number of likely N-dealkylation sites (N-methyl/N-ethyl adjacent to an activating group) is 1. The molecule has 2 aliphatic rings. The summed E-state index contributed by atoms with van der Waals surface area (Å²) >= 11 is 6.21. The molecule has 5 heteroatoms. The minimum atomic E-state index is 0.806. The number of nitrogens with zero attached hydrogens (tertiary/aromatic N) is 4. The van der Waals surface area contributed by atoms with Gasteiger partial charge in [-0.25, -0.2) is 5.01 Å². The maximum atomic E-state index is 6.21. The maximum Gasteiger partial charge on any atom is 0.110 e. The lowest BCUT2D eigenvalue weighted by atomic mass is 10.1.